The highest BCUT2D eigenvalue weighted by Gasteiger charge is 2.37. The number of hydrogen-bond donors (Lipinski definition) is 0. The monoisotopic (exact) mass is 245 g/mol. The second-order valence-corrected chi connectivity index (χ2v) is 3.19. The van der Waals surface area contributed by atoms with E-state index in [9.17, 15) is 18.0 Å². The van der Waals surface area contributed by atoms with Crippen LogP contribution in [0.4, 0.5) is 13.2 Å². The minimum atomic E-state index is -4.65. The zero-order valence-corrected chi connectivity index (χ0v) is 8.54. The Hall–Kier alpha value is -2.05. The average molecular weight is 245 g/mol. The summed E-state index contributed by atoms with van der Waals surface area (Å²) in [6, 6.07) is 3.73. The molecule has 7 heteroatoms. The Morgan fingerprint density at radius 1 is 1.41 bits per heavy atom. The van der Waals surface area contributed by atoms with Crippen molar-refractivity contribution in [3.63, 3.8) is 0 Å². The van der Waals surface area contributed by atoms with Gasteiger partial charge in [-0.15, -0.1) is 0 Å². The summed E-state index contributed by atoms with van der Waals surface area (Å²) in [7, 11) is 1.18. The summed E-state index contributed by atoms with van der Waals surface area (Å²) in [5, 5.41) is 0. The molecule has 4 nitrogen and oxygen atoms in total. The topological polar surface area (TPSA) is 52.3 Å². The summed E-state index contributed by atoms with van der Waals surface area (Å²) in [5.74, 6) is -1.99. The fourth-order valence-corrected chi connectivity index (χ4v) is 1.29. The lowest BCUT2D eigenvalue weighted by Gasteiger charge is -1.97. The number of methoxy groups -OCH3 is 1. The number of fused-ring (bicyclic) bond motifs is 1. The molecule has 1 heterocycles. The second kappa shape index (κ2) is 3.76. The molecule has 0 radical (unpaired) electrons. The molecule has 0 N–H and O–H groups in total. The van der Waals surface area contributed by atoms with Gasteiger partial charge in [-0.3, -0.25) is 0 Å². The van der Waals surface area contributed by atoms with E-state index in [0.29, 0.717) is 0 Å². The van der Waals surface area contributed by atoms with Crippen molar-refractivity contribution in [3.05, 3.63) is 29.7 Å². The van der Waals surface area contributed by atoms with Gasteiger partial charge in [-0.1, -0.05) is 0 Å². The van der Waals surface area contributed by atoms with Crippen LogP contribution in [-0.2, 0) is 10.9 Å². The molecule has 2 aromatic rings. The van der Waals surface area contributed by atoms with E-state index in [4.69, 9.17) is 0 Å². The van der Waals surface area contributed by atoms with E-state index >= 15 is 0 Å². The van der Waals surface area contributed by atoms with E-state index in [1.54, 1.807) is 0 Å². The number of esters is 1. The fraction of sp³-hybridized carbons (Fsp3) is 0.200. The summed E-state index contributed by atoms with van der Waals surface area (Å²) in [6.07, 6.45) is -4.65. The third-order valence-electron chi connectivity index (χ3n) is 2.05. The Kier molecular flexibility index (Phi) is 2.53. The van der Waals surface area contributed by atoms with Crippen LogP contribution < -0.4 is 0 Å². The van der Waals surface area contributed by atoms with Gasteiger partial charge < -0.3 is 9.15 Å². The molecule has 0 saturated carbocycles. The van der Waals surface area contributed by atoms with Crippen LogP contribution in [0.2, 0.25) is 0 Å². The van der Waals surface area contributed by atoms with Gasteiger partial charge >= 0.3 is 18.0 Å². The van der Waals surface area contributed by atoms with Crippen molar-refractivity contribution >= 4 is 17.1 Å². The molecule has 0 unspecified atom stereocenters. The summed E-state index contributed by atoms with van der Waals surface area (Å²) in [5.41, 5.74) is 0.0345. The quantitative estimate of drug-likeness (QED) is 0.724. The summed E-state index contributed by atoms with van der Waals surface area (Å²) < 4.78 is 45.9. The zero-order chi connectivity index (χ0) is 12.6. The van der Waals surface area contributed by atoms with Crippen LogP contribution in [0.3, 0.4) is 0 Å². The highest BCUT2D eigenvalue weighted by Crippen LogP contribution is 2.31. The van der Waals surface area contributed by atoms with Crippen LogP contribution in [0, 0.1) is 0 Å². The van der Waals surface area contributed by atoms with Crippen molar-refractivity contribution < 1.29 is 27.1 Å². The number of carbonyl (C=O) groups excluding carboxylic acids is 1. The molecule has 1 aromatic heterocycles. The lowest BCUT2D eigenvalue weighted by Crippen LogP contribution is -2.04. The Morgan fingerprint density at radius 2 is 2.12 bits per heavy atom. The molecule has 90 valence electrons. The zero-order valence-electron chi connectivity index (χ0n) is 8.54. The molecule has 1 aromatic carbocycles. The number of alkyl halides is 3. The molecule has 0 amide bonds. The molecule has 0 bridgehead atoms. The average Bonchev–Trinajstić information content (AvgIpc) is 2.70. The van der Waals surface area contributed by atoms with E-state index < -0.39 is 18.0 Å². The fourth-order valence-electron chi connectivity index (χ4n) is 1.29. The van der Waals surface area contributed by atoms with Crippen molar-refractivity contribution in [2.75, 3.05) is 7.11 Å². The van der Waals surface area contributed by atoms with Crippen molar-refractivity contribution in [2.24, 2.45) is 0 Å². The predicted octanol–water partition coefficient (Wildman–Crippen LogP) is 2.63. The Labute approximate surface area is 93.0 Å². The van der Waals surface area contributed by atoms with Gasteiger partial charge in [0.05, 0.1) is 12.7 Å². The van der Waals surface area contributed by atoms with E-state index in [0.717, 1.165) is 0 Å². The van der Waals surface area contributed by atoms with Gasteiger partial charge in [0.1, 0.15) is 5.52 Å². The Balaban J connectivity index is 2.52. The number of benzene rings is 1. The minimum absolute atomic E-state index is 0.0371. The van der Waals surface area contributed by atoms with E-state index in [1.807, 2.05) is 0 Å². The van der Waals surface area contributed by atoms with Gasteiger partial charge in [-0.05, 0) is 18.2 Å². The maximum atomic E-state index is 12.3. The van der Waals surface area contributed by atoms with Crippen LogP contribution in [0.5, 0.6) is 0 Å². The first kappa shape index (κ1) is 11.4. The van der Waals surface area contributed by atoms with E-state index in [1.165, 1.54) is 25.3 Å². The predicted molar refractivity (Wildman–Crippen MR) is 50.4 cm³/mol. The van der Waals surface area contributed by atoms with Gasteiger partial charge in [0.2, 0.25) is 0 Å². The highest BCUT2D eigenvalue weighted by atomic mass is 19.4. The van der Waals surface area contributed by atoms with E-state index in [2.05, 4.69) is 14.1 Å². The molecular formula is C10H6F3NO3. The van der Waals surface area contributed by atoms with Crippen LogP contribution >= 0.6 is 0 Å². The molecule has 0 fully saturated rings. The van der Waals surface area contributed by atoms with Crippen molar-refractivity contribution in [3.8, 4) is 0 Å². The third kappa shape index (κ3) is 2.08. The molecule has 0 aliphatic carbocycles. The van der Waals surface area contributed by atoms with Crippen molar-refractivity contribution in [1.82, 2.24) is 4.98 Å². The number of ether oxygens (including phenoxy) is 1. The molecule has 0 aliphatic rings. The normalized spacial score (nSPS) is 11.8. The van der Waals surface area contributed by atoms with Gasteiger partial charge in [0.25, 0.3) is 0 Å². The summed E-state index contributed by atoms with van der Waals surface area (Å²) in [4.78, 5) is 14.4. The Bertz CT molecular complexity index is 574. The first-order chi connectivity index (χ1) is 7.91. The minimum Gasteiger partial charge on any atom is -0.465 e. The SMILES string of the molecule is COC(=O)c1ccc2oc(C(F)(F)F)nc2c1. The molecule has 0 aliphatic heterocycles. The van der Waals surface area contributed by atoms with Gasteiger partial charge in [-0.25, -0.2) is 9.78 Å². The molecule has 0 saturated heterocycles. The number of halogens is 3. The van der Waals surface area contributed by atoms with E-state index in [-0.39, 0.29) is 16.7 Å². The molecular weight excluding hydrogens is 239 g/mol. The molecule has 2 rings (SSSR count). The number of carbonyl (C=O) groups is 1. The summed E-state index contributed by atoms with van der Waals surface area (Å²) in [6.45, 7) is 0. The maximum absolute atomic E-state index is 12.3. The van der Waals surface area contributed by atoms with Crippen molar-refractivity contribution in [1.29, 1.82) is 0 Å². The lowest BCUT2D eigenvalue weighted by molar-refractivity contribution is -0.156. The summed E-state index contributed by atoms with van der Waals surface area (Å²) >= 11 is 0. The maximum Gasteiger partial charge on any atom is 0.468 e. The Morgan fingerprint density at radius 3 is 2.71 bits per heavy atom. The molecule has 17 heavy (non-hydrogen) atoms. The van der Waals surface area contributed by atoms with Gasteiger partial charge in [-0.2, -0.15) is 13.2 Å². The smallest absolute Gasteiger partial charge is 0.465 e. The number of oxazole rings is 1. The van der Waals surface area contributed by atoms with Crippen molar-refractivity contribution in [2.45, 2.75) is 6.18 Å². The van der Waals surface area contributed by atoms with Gasteiger partial charge in [0.15, 0.2) is 5.58 Å². The van der Waals surface area contributed by atoms with Crippen LogP contribution in [0.15, 0.2) is 22.6 Å². The van der Waals surface area contributed by atoms with Crippen LogP contribution in [0.25, 0.3) is 11.1 Å². The second-order valence-electron chi connectivity index (χ2n) is 3.19. The number of rotatable bonds is 1. The number of hydrogen-bond acceptors (Lipinski definition) is 4. The number of aromatic nitrogens is 1. The van der Waals surface area contributed by atoms with Crippen LogP contribution in [0.1, 0.15) is 16.2 Å². The number of nitrogens with zero attached hydrogens (tertiary/aromatic N) is 1. The largest absolute Gasteiger partial charge is 0.468 e. The molecule has 0 atom stereocenters. The lowest BCUT2D eigenvalue weighted by atomic mass is 10.2. The third-order valence-corrected chi connectivity index (χ3v) is 2.05. The van der Waals surface area contributed by atoms with Crippen LogP contribution in [-0.4, -0.2) is 18.1 Å². The first-order valence-electron chi connectivity index (χ1n) is 4.48. The van der Waals surface area contributed by atoms with Gasteiger partial charge in [0, 0.05) is 0 Å². The first-order valence-corrected chi connectivity index (χ1v) is 4.48. The highest BCUT2D eigenvalue weighted by molar-refractivity contribution is 5.93. The molecule has 0 spiro atoms. The standard InChI is InChI=1S/C10H6F3NO3/c1-16-8(15)5-2-3-7-6(4-5)14-9(17-7)10(11,12)13/h2-4H,1H3.